The van der Waals surface area contributed by atoms with Crippen molar-refractivity contribution in [2.24, 2.45) is 0 Å². The number of hydrogen-bond acceptors (Lipinski definition) is 1. The fourth-order valence-electron chi connectivity index (χ4n) is 0. The molecule has 6 heavy (non-hydrogen) atoms. The third-order valence-corrected chi connectivity index (χ3v) is 0.291. The molecular formula is C2HClF2O. The second-order valence-corrected chi connectivity index (χ2v) is 0.877. The molecule has 0 spiro atoms. The first kappa shape index (κ1) is 3.99. The van der Waals surface area contributed by atoms with Crippen LogP contribution in [0.1, 0.15) is 1.37 Å². The third-order valence-electron chi connectivity index (χ3n) is 0.149. The second kappa shape index (κ2) is 2.08. The third kappa shape index (κ3) is 2.08. The lowest BCUT2D eigenvalue weighted by atomic mass is 10.8. The molecule has 0 fully saturated rings. The molecule has 0 aromatic heterocycles. The molecule has 1 nitrogen and oxygen atoms in total. The molecule has 4 heteroatoms. The lowest BCUT2D eigenvalue weighted by Crippen LogP contribution is -1.98. The average molecular weight is 115 g/mol. The van der Waals surface area contributed by atoms with E-state index in [2.05, 4.69) is 11.6 Å². The smallest absolute Gasteiger partial charge is 0.275 e. The number of carbonyl (C=O) groups is 1. The summed E-state index contributed by atoms with van der Waals surface area (Å²) in [5, 5.41) is -1.95. The van der Waals surface area contributed by atoms with Crippen molar-refractivity contribution in [1.82, 2.24) is 0 Å². The highest BCUT2D eigenvalue weighted by atomic mass is 35.5. The zero-order valence-corrected chi connectivity index (χ0v) is 3.30. The average Bonchev–Trinajstić information content (AvgIpc) is 1.31. The molecule has 0 aromatic rings. The molecule has 0 heterocycles. The topological polar surface area (TPSA) is 17.1 Å². The number of hydrogen-bond donors (Lipinski definition) is 0. The van der Waals surface area contributed by atoms with Crippen molar-refractivity contribution in [2.45, 2.75) is 6.40 Å². The van der Waals surface area contributed by atoms with Crippen LogP contribution in [0, 0.1) is 0 Å². The highest BCUT2D eigenvalue weighted by Crippen LogP contribution is 1.95. The van der Waals surface area contributed by atoms with Gasteiger partial charge in [0.05, 0.1) is 0 Å². The molecule has 0 saturated heterocycles. The van der Waals surface area contributed by atoms with Crippen molar-refractivity contribution >= 4 is 16.8 Å². The van der Waals surface area contributed by atoms with Crippen molar-refractivity contribution in [3.8, 4) is 0 Å². The van der Waals surface area contributed by atoms with Gasteiger partial charge in [0.25, 0.3) is 5.24 Å². The molecule has 0 bridgehead atoms. The minimum absolute atomic E-state index is 1.95. The molecule has 36 valence electrons. The lowest BCUT2D eigenvalue weighted by molar-refractivity contribution is -0.121. The van der Waals surface area contributed by atoms with E-state index in [0.29, 0.717) is 0 Å². The number of halogens is 3. The van der Waals surface area contributed by atoms with E-state index in [-0.39, 0.29) is 0 Å². The number of rotatable bonds is 1. The van der Waals surface area contributed by atoms with Gasteiger partial charge in [-0.25, -0.2) is 8.78 Å². The largest absolute Gasteiger partial charge is 0.310 e. The van der Waals surface area contributed by atoms with Crippen molar-refractivity contribution in [3.63, 3.8) is 0 Å². The van der Waals surface area contributed by atoms with Crippen LogP contribution in [0.3, 0.4) is 0 Å². The van der Waals surface area contributed by atoms with Gasteiger partial charge in [-0.15, -0.1) is 0 Å². The first-order valence-electron chi connectivity index (χ1n) is 1.52. The zero-order valence-electron chi connectivity index (χ0n) is 3.54. The Balaban J connectivity index is 3.79. The van der Waals surface area contributed by atoms with Gasteiger partial charge in [-0.2, -0.15) is 0 Å². The SMILES string of the molecule is [2H]C(F)(F)C(=O)Cl. The van der Waals surface area contributed by atoms with E-state index in [1.54, 1.807) is 0 Å². The maximum absolute atomic E-state index is 11.0. The van der Waals surface area contributed by atoms with E-state index in [1.807, 2.05) is 0 Å². The van der Waals surface area contributed by atoms with E-state index >= 15 is 0 Å². The van der Waals surface area contributed by atoms with Gasteiger partial charge in [0, 0.05) is 0 Å². The fourth-order valence-corrected chi connectivity index (χ4v) is 0. The minimum Gasteiger partial charge on any atom is -0.275 e. The van der Waals surface area contributed by atoms with Gasteiger partial charge >= 0.3 is 6.40 Å². The summed E-state index contributed by atoms with van der Waals surface area (Å²) in [6.07, 6.45) is -4.12. The Morgan fingerprint density at radius 3 is 2.17 bits per heavy atom. The lowest BCUT2D eigenvalue weighted by Gasteiger charge is -1.79. The van der Waals surface area contributed by atoms with Gasteiger partial charge in [-0.1, -0.05) is 0 Å². The molecule has 0 aliphatic carbocycles. The first-order valence-corrected chi connectivity index (χ1v) is 1.40. The first-order chi connectivity index (χ1) is 2.94. The van der Waals surface area contributed by atoms with E-state index < -0.39 is 11.6 Å². The van der Waals surface area contributed by atoms with Crippen LogP contribution in [0.15, 0.2) is 0 Å². The van der Waals surface area contributed by atoms with Gasteiger partial charge in [0.2, 0.25) is 0 Å². The summed E-state index contributed by atoms with van der Waals surface area (Å²) >= 11 is 4.18. The van der Waals surface area contributed by atoms with Gasteiger partial charge in [0.15, 0.2) is 0 Å². The van der Waals surface area contributed by atoms with Gasteiger partial charge in [0.1, 0.15) is 1.37 Å². The molecule has 0 amide bonds. The highest BCUT2D eigenvalue weighted by Gasteiger charge is 2.09. The molecule has 0 aromatic carbocycles. The van der Waals surface area contributed by atoms with Crippen LogP contribution in [-0.4, -0.2) is 11.6 Å². The molecular weight excluding hydrogens is 113 g/mol. The van der Waals surface area contributed by atoms with Crippen molar-refractivity contribution in [2.75, 3.05) is 0 Å². The van der Waals surface area contributed by atoms with Crippen molar-refractivity contribution in [3.05, 3.63) is 0 Å². The summed E-state index contributed by atoms with van der Waals surface area (Å²) in [7, 11) is 0. The highest BCUT2D eigenvalue weighted by molar-refractivity contribution is 6.64. The molecule has 0 saturated carbocycles. The zero-order chi connectivity index (χ0) is 6.08. The number of alkyl halides is 2. The van der Waals surface area contributed by atoms with E-state index in [1.165, 1.54) is 0 Å². The summed E-state index contributed by atoms with van der Waals surface area (Å²) in [4.78, 5) is 9.29. The molecule has 0 aliphatic heterocycles. The van der Waals surface area contributed by atoms with E-state index in [0.717, 1.165) is 0 Å². The fraction of sp³-hybridized carbons (Fsp3) is 0.500. The molecule has 0 radical (unpaired) electrons. The maximum Gasteiger partial charge on any atom is 0.310 e. The molecule has 0 atom stereocenters. The maximum atomic E-state index is 11.0. The van der Waals surface area contributed by atoms with Gasteiger partial charge < -0.3 is 0 Å². The molecule has 0 aliphatic rings. The summed E-state index contributed by atoms with van der Waals surface area (Å²) < 4.78 is 27.6. The Morgan fingerprint density at radius 2 is 2.17 bits per heavy atom. The minimum atomic E-state index is -4.12. The Labute approximate surface area is 39.3 Å². The van der Waals surface area contributed by atoms with Crippen LogP contribution in [0.25, 0.3) is 0 Å². The summed E-state index contributed by atoms with van der Waals surface area (Å²) in [6, 6.07) is 0. The van der Waals surface area contributed by atoms with Crippen LogP contribution >= 0.6 is 11.6 Å². The Kier molecular flexibility index (Phi) is 1.38. The van der Waals surface area contributed by atoms with Crippen LogP contribution in [-0.2, 0) is 4.79 Å². The van der Waals surface area contributed by atoms with Crippen LogP contribution < -0.4 is 0 Å². The molecule has 0 rings (SSSR count). The Morgan fingerprint density at radius 1 is 2.00 bits per heavy atom. The predicted octanol–water partition coefficient (Wildman–Crippen LogP) is 1.02. The Hall–Kier alpha value is -0.180. The summed E-state index contributed by atoms with van der Waals surface area (Å²) in [5.41, 5.74) is 0. The van der Waals surface area contributed by atoms with Crippen molar-refractivity contribution in [1.29, 1.82) is 0 Å². The standard InChI is InChI=1S/C2HClF2O/c3-1(6)2(4)5/h2H/i2D. The van der Waals surface area contributed by atoms with Crippen LogP contribution in [0.5, 0.6) is 0 Å². The molecule has 0 unspecified atom stereocenters. The Bertz CT molecular complexity index is 88.2. The number of carbonyl (C=O) groups excluding carboxylic acids is 1. The normalized spacial score (nSPS) is 13.5. The van der Waals surface area contributed by atoms with Gasteiger partial charge in [-0.3, -0.25) is 4.79 Å². The summed E-state index contributed by atoms with van der Waals surface area (Å²) in [6.45, 7) is 0. The quantitative estimate of drug-likeness (QED) is 0.466. The van der Waals surface area contributed by atoms with E-state index in [9.17, 15) is 13.6 Å². The summed E-state index contributed by atoms with van der Waals surface area (Å²) in [5.74, 6) is 0. The van der Waals surface area contributed by atoms with Crippen LogP contribution in [0.2, 0.25) is 0 Å². The van der Waals surface area contributed by atoms with E-state index in [4.69, 9.17) is 1.37 Å². The molecule has 0 N–H and O–H groups in total. The van der Waals surface area contributed by atoms with Crippen LogP contribution in [0.4, 0.5) is 8.78 Å². The second-order valence-electron chi connectivity index (χ2n) is 0.534. The predicted molar refractivity (Wildman–Crippen MR) is 16.9 cm³/mol. The monoisotopic (exact) mass is 115 g/mol. The van der Waals surface area contributed by atoms with Gasteiger partial charge in [-0.05, 0) is 11.6 Å². The van der Waals surface area contributed by atoms with Crippen molar-refractivity contribution < 1.29 is 14.9 Å².